The van der Waals surface area contributed by atoms with Gasteiger partial charge in [-0.1, -0.05) is 24.3 Å². The number of hydrogen-bond donors (Lipinski definition) is 2. The van der Waals surface area contributed by atoms with Gasteiger partial charge in [-0.05, 0) is 68.9 Å². The van der Waals surface area contributed by atoms with Crippen molar-refractivity contribution in [3.05, 3.63) is 72.2 Å². The second-order valence-corrected chi connectivity index (χ2v) is 10.8. The van der Waals surface area contributed by atoms with Crippen molar-refractivity contribution in [3.8, 4) is 0 Å². The molecular weight excluding hydrogens is 448 g/mol. The van der Waals surface area contributed by atoms with Gasteiger partial charge in [-0.15, -0.1) is 0 Å². The lowest BCUT2D eigenvalue weighted by Gasteiger charge is -2.28. The third kappa shape index (κ3) is 4.71. The smallest absolute Gasteiger partial charge is 0.227 e. The zero-order valence-corrected chi connectivity index (χ0v) is 19.7. The Morgan fingerprint density at radius 2 is 1.74 bits per heavy atom. The number of likely N-dealkylation sites (tertiary alicyclic amines) is 1. The maximum Gasteiger partial charge on any atom is 0.227 e. The molecule has 4 aromatic rings. The molecule has 9 heteroatoms. The number of sulfone groups is 1. The normalized spacial score (nSPS) is 15.8. The lowest BCUT2D eigenvalue weighted by atomic mass is 10.1. The van der Waals surface area contributed by atoms with E-state index >= 15 is 0 Å². The number of aromatic amines is 1. The van der Waals surface area contributed by atoms with E-state index in [1.54, 1.807) is 36.7 Å². The van der Waals surface area contributed by atoms with E-state index in [0.717, 1.165) is 40.8 Å². The molecule has 1 aliphatic rings. The molecule has 0 radical (unpaired) electrons. The summed E-state index contributed by atoms with van der Waals surface area (Å²) < 4.78 is 25.9. The Morgan fingerprint density at radius 1 is 1.00 bits per heavy atom. The zero-order chi connectivity index (χ0) is 23.5. The Morgan fingerprint density at radius 3 is 2.47 bits per heavy atom. The minimum atomic E-state index is -3.32. The van der Waals surface area contributed by atoms with Gasteiger partial charge < -0.3 is 10.2 Å². The average Bonchev–Trinajstić information content (AvgIpc) is 3.34. The van der Waals surface area contributed by atoms with Gasteiger partial charge in [0.25, 0.3) is 0 Å². The SMILES string of the molecule is CN1CCC(S(=O)(=O)c2ccc(Nc3ncc(/C=C/c4cccc5[nH]ncc45)cn3)cc2)CC1. The van der Waals surface area contributed by atoms with E-state index < -0.39 is 9.84 Å². The van der Waals surface area contributed by atoms with Crippen LogP contribution in [0.2, 0.25) is 0 Å². The summed E-state index contributed by atoms with van der Waals surface area (Å²) >= 11 is 0. The van der Waals surface area contributed by atoms with Crippen molar-refractivity contribution in [2.24, 2.45) is 0 Å². The van der Waals surface area contributed by atoms with Crippen molar-refractivity contribution in [1.29, 1.82) is 0 Å². The highest BCUT2D eigenvalue weighted by Crippen LogP contribution is 2.26. The highest BCUT2D eigenvalue weighted by atomic mass is 32.2. The van der Waals surface area contributed by atoms with Gasteiger partial charge in [0, 0.05) is 29.0 Å². The molecule has 0 unspecified atom stereocenters. The van der Waals surface area contributed by atoms with Crippen LogP contribution in [0.25, 0.3) is 23.1 Å². The molecule has 0 amide bonds. The third-order valence-electron chi connectivity index (χ3n) is 6.19. The summed E-state index contributed by atoms with van der Waals surface area (Å²) in [6, 6.07) is 12.8. The van der Waals surface area contributed by atoms with Crippen molar-refractivity contribution < 1.29 is 8.42 Å². The molecule has 8 nitrogen and oxygen atoms in total. The van der Waals surface area contributed by atoms with Gasteiger partial charge in [-0.25, -0.2) is 18.4 Å². The molecule has 2 aromatic heterocycles. The molecule has 0 aliphatic carbocycles. The van der Waals surface area contributed by atoms with E-state index in [2.05, 4.69) is 30.4 Å². The van der Waals surface area contributed by atoms with Crippen LogP contribution in [0.4, 0.5) is 11.6 Å². The summed E-state index contributed by atoms with van der Waals surface area (Å²) in [5.74, 6) is 0.444. The first-order chi connectivity index (χ1) is 16.5. The van der Waals surface area contributed by atoms with E-state index in [-0.39, 0.29) is 5.25 Å². The molecule has 34 heavy (non-hydrogen) atoms. The highest BCUT2D eigenvalue weighted by Gasteiger charge is 2.30. The van der Waals surface area contributed by atoms with Gasteiger partial charge in [0.1, 0.15) is 0 Å². The number of rotatable bonds is 6. The van der Waals surface area contributed by atoms with Crippen LogP contribution in [0, 0.1) is 0 Å². The maximum atomic E-state index is 12.9. The lowest BCUT2D eigenvalue weighted by molar-refractivity contribution is 0.277. The van der Waals surface area contributed by atoms with Crippen LogP contribution in [0.5, 0.6) is 0 Å². The Hall–Kier alpha value is -3.56. The van der Waals surface area contributed by atoms with Crippen LogP contribution in [0.15, 0.2) is 66.0 Å². The molecule has 2 aromatic carbocycles. The molecule has 2 N–H and O–H groups in total. The molecule has 0 atom stereocenters. The van der Waals surface area contributed by atoms with Gasteiger partial charge in [-0.2, -0.15) is 5.10 Å². The summed E-state index contributed by atoms with van der Waals surface area (Å²) in [4.78, 5) is 11.3. The Bertz CT molecular complexity index is 1400. The van der Waals surface area contributed by atoms with Crippen LogP contribution in [0.3, 0.4) is 0 Å². The number of aromatic nitrogens is 4. The Labute approximate surface area is 198 Å². The van der Waals surface area contributed by atoms with Crippen molar-refractivity contribution in [3.63, 3.8) is 0 Å². The first kappa shape index (κ1) is 22.2. The van der Waals surface area contributed by atoms with Crippen molar-refractivity contribution in [2.75, 3.05) is 25.5 Å². The summed E-state index contributed by atoms with van der Waals surface area (Å²) in [6.07, 6.45) is 10.6. The number of hydrogen-bond acceptors (Lipinski definition) is 7. The second-order valence-electron chi connectivity index (χ2n) is 8.55. The number of anilines is 2. The van der Waals surface area contributed by atoms with Crippen molar-refractivity contribution >= 4 is 44.5 Å². The van der Waals surface area contributed by atoms with Crippen LogP contribution in [-0.4, -0.2) is 58.9 Å². The van der Waals surface area contributed by atoms with E-state index in [9.17, 15) is 8.42 Å². The average molecular weight is 475 g/mol. The fourth-order valence-corrected chi connectivity index (χ4v) is 5.89. The molecular formula is C25H26N6O2S. The Balaban J connectivity index is 1.24. The predicted molar refractivity (Wildman–Crippen MR) is 134 cm³/mol. The number of H-pyrrole nitrogens is 1. The minimum absolute atomic E-state index is 0.313. The number of benzene rings is 2. The Kier molecular flexibility index (Phi) is 6.12. The van der Waals surface area contributed by atoms with E-state index in [0.29, 0.717) is 23.7 Å². The summed E-state index contributed by atoms with van der Waals surface area (Å²) in [5.41, 5.74) is 3.65. The molecule has 1 aliphatic heterocycles. The minimum Gasteiger partial charge on any atom is -0.324 e. The zero-order valence-electron chi connectivity index (χ0n) is 18.8. The van der Waals surface area contributed by atoms with E-state index in [1.807, 2.05) is 43.6 Å². The van der Waals surface area contributed by atoms with Crippen LogP contribution >= 0.6 is 0 Å². The molecule has 0 saturated carbocycles. The van der Waals surface area contributed by atoms with Gasteiger partial charge in [-0.3, -0.25) is 5.10 Å². The lowest BCUT2D eigenvalue weighted by Crippen LogP contribution is -2.37. The first-order valence-electron chi connectivity index (χ1n) is 11.2. The fraction of sp³-hybridized carbons (Fsp3) is 0.240. The predicted octanol–water partition coefficient (Wildman–Crippen LogP) is 4.13. The summed E-state index contributed by atoms with van der Waals surface area (Å²) in [5, 5.41) is 10.9. The van der Waals surface area contributed by atoms with Gasteiger partial charge >= 0.3 is 0 Å². The van der Waals surface area contributed by atoms with Crippen molar-refractivity contribution in [1.82, 2.24) is 25.1 Å². The number of nitrogens with one attached hydrogen (secondary N) is 2. The molecule has 1 saturated heterocycles. The largest absolute Gasteiger partial charge is 0.324 e. The van der Waals surface area contributed by atoms with Gasteiger partial charge in [0.2, 0.25) is 5.95 Å². The monoisotopic (exact) mass is 474 g/mol. The maximum absolute atomic E-state index is 12.9. The van der Waals surface area contributed by atoms with Crippen molar-refractivity contribution in [2.45, 2.75) is 23.0 Å². The summed E-state index contributed by atoms with van der Waals surface area (Å²) in [6.45, 7) is 1.62. The number of fused-ring (bicyclic) bond motifs is 1. The molecule has 174 valence electrons. The van der Waals surface area contributed by atoms with Crippen LogP contribution in [0.1, 0.15) is 24.0 Å². The quantitative estimate of drug-likeness (QED) is 0.433. The molecule has 5 rings (SSSR count). The topological polar surface area (TPSA) is 104 Å². The van der Waals surface area contributed by atoms with E-state index in [1.165, 1.54) is 0 Å². The van der Waals surface area contributed by atoms with E-state index in [4.69, 9.17) is 0 Å². The highest BCUT2D eigenvalue weighted by molar-refractivity contribution is 7.92. The third-order valence-corrected chi connectivity index (χ3v) is 8.47. The fourth-order valence-electron chi connectivity index (χ4n) is 4.16. The standard InChI is InChI=1S/C25H26N6O2S/c1-31-13-11-22(12-14-31)34(32,33)21-9-7-20(8-10-21)29-25-26-15-18(16-27-25)5-6-19-3-2-4-24-23(19)17-28-30-24/h2-10,15-17,22H,11-14H2,1H3,(H,28,30)(H,26,27,29)/b6-5+. The summed E-state index contributed by atoms with van der Waals surface area (Å²) in [7, 11) is -1.30. The molecule has 0 spiro atoms. The number of piperidine rings is 1. The number of nitrogens with zero attached hydrogens (tertiary/aromatic N) is 4. The second kappa shape index (κ2) is 9.36. The molecule has 0 bridgehead atoms. The van der Waals surface area contributed by atoms with Gasteiger partial charge in [0.15, 0.2) is 9.84 Å². The first-order valence-corrected chi connectivity index (χ1v) is 12.8. The molecule has 1 fully saturated rings. The molecule has 3 heterocycles. The van der Waals surface area contributed by atoms with Gasteiger partial charge in [0.05, 0.1) is 21.9 Å². The van der Waals surface area contributed by atoms with Crippen LogP contribution in [-0.2, 0) is 9.84 Å². The van der Waals surface area contributed by atoms with Crippen LogP contribution < -0.4 is 5.32 Å².